The molecule has 0 bridgehead atoms. The van der Waals surface area contributed by atoms with Crippen molar-refractivity contribution in [2.24, 2.45) is 14.1 Å². The monoisotopic (exact) mass is 474 g/mol. The van der Waals surface area contributed by atoms with Crippen molar-refractivity contribution < 1.29 is 9.47 Å². The molecule has 5 rings (SSSR count). The van der Waals surface area contributed by atoms with Crippen LogP contribution in [0, 0.1) is 13.8 Å². The maximum absolute atomic E-state index is 12.6. The van der Waals surface area contributed by atoms with E-state index in [0.717, 1.165) is 52.4 Å². The van der Waals surface area contributed by atoms with E-state index in [0.29, 0.717) is 24.8 Å². The molecule has 182 valence electrons. The second-order valence-corrected chi connectivity index (χ2v) is 9.02. The number of ether oxygens (including phenoxy) is 2. The van der Waals surface area contributed by atoms with Gasteiger partial charge in [0.1, 0.15) is 12.4 Å². The molecule has 0 N–H and O–H groups in total. The lowest BCUT2D eigenvalue weighted by Gasteiger charge is -2.16. The topological polar surface area (TPSA) is 89.0 Å². The van der Waals surface area contributed by atoms with Gasteiger partial charge in [-0.3, -0.25) is 0 Å². The third-order valence-corrected chi connectivity index (χ3v) is 6.48. The third-order valence-electron chi connectivity index (χ3n) is 6.48. The van der Waals surface area contributed by atoms with Crippen LogP contribution in [-0.2, 0) is 20.7 Å². The first-order valence-electron chi connectivity index (χ1n) is 11.9. The van der Waals surface area contributed by atoms with E-state index in [4.69, 9.17) is 9.47 Å². The molecule has 0 atom stereocenters. The lowest BCUT2D eigenvalue weighted by Crippen LogP contribution is -2.23. The van der Waals surface area contributed by atoms with Crippen LogP contribution in [0.1, 0.15) is 47.9 Å². The Morgan fingerprint density at radius 2 is 1.83 bits per heavy atom. The average molecular weight is 475 g/mol. The minimum absolute atomic E-state index is 0.281. The molecule has 9 heteroatoms. The summed E-state index contributed by atoms with van der Waals surface area (Å²) in [6, 6.07) is 12.1. The summed E-state index contributed by atoms with van der Waals surface area (Å²) >= 11 is 0. The predicted octanol–water partition coefficient (Wildman–Crippen LogP) is 3.84. The number of hydrogen-bond donors (Lipinski definition) is 0. The molecule has 9 nitrogen and oxygen atoms in total. The summed E-state index contributed by atoms with van der Waals surface area (Å²) < 4.78 is 16.4. The molecule has 2 aromatic carbocycles. The van der Waals surface area contributed by atoms with E-state index in [1.807, 2.05) is 52.1 Å². The van der Waals surface area contributed by atoms with Gasteiger partial charge in [0.15, 0.2) is 0 Å². The normalized spacial score (nSPS) is 13.3. The molecule has 1 saturated carbocycles. The van der Waals surface area contributed by atoms with Crippen LogP contribution < -0.4 is 15.2 Å². The molecule has 1 aliphatic rings. The van der Waals surface area contributed by atoms with Gasteiger partial charge >= 0.3 is 5.69 Å². The van der Waals surface area contributed by atoms with Crippen molar-refractivity contribution in [2.75, 3.05) is 6.61 Å². The first kappa shape index (κ1) is 22.9. The van der Waals surface area contributed by atoms with Crippen molar-refractivity contribution in [3.8, 4) is 28.6 Å². The smallest absolute Gasteiger partial charge is 0.368 e. The van der Waals surface area contributed by atoms with Crippen LogP contribution in [0.3, 0.4) is 0 Å². The van der Waals surface area contributed by atoms with Crippen LogP contribution in [-0.4, -0.2) is 36.2 Å². The highest BCUT2D eigenvalue weighted by Gasteiger charge is 2.28. The van der Waals surface area contributed by atoms with E-state index in [9.17, 15) is 4.79 Å². The van der Waals surface area contributed by atoms with Gasteiger partial charge in [-0.05, 0) is 85.3 Å². The average Bonchev–Trinajstić information content (AvgIpc) is 3.59. The van der Waals surface area contributed by atoms with Gasteiger partial charge in [-0.25, -0.2) is 9.48 Å². The SMILES string of the molecule is CCOc1c(C)c(-c2ccc(OCc3c(C4CC4)cccc3-n3nnn(C)c3=O)c(C)c2)nn1C. The Balaban J connectivity index is 1.44. The molecule has 2 heterocycles. The minimum atomic E-state index is -0.281. The molecular formula is C26H30N6O3. The number of rotatable bonds is 8. The summed E-state index contributed by atoms with van der Waals surface area (Å²) in [4.78, 5) is 12.6. The van der Waals surface area contributed by atoms with Gasteiger partial charge < -0.3 is 9.47 Å². The zero-order valence-corrected chi connectivity index (χ0v) is 20.8. The molecule has 0 saturated heterocycles. The van der Waals surface area contributed by atoms with Crippen molar-refractivity contribution in [2.45, 2.75) is 46.1 Å². The maximum Gasteiger partial charge on any atom is 0.368 e. The van der Waals surface area contributed by atoms with Gasteiger partial charge in [-0.1, -0.05) is 12.1 Å². The van der Waals surface area contributed by atoms with Crippen LogP contribution in [0.2, 0.25) is 0 Å². The largest absolute Gasteiger partial charge is 0.489 e. The van der Waals surface area contributed by atoms with Crippen molar-refractivity contribution in [3.63, 3.8) is 0 Å². The van der Waals surface area contributed by atoms with Gasteiger partial charge in [0.2, 0.25) is 5.88 Å². The molecule has 0 radical (unpaired) electrons. The van der Waals surface area contributed by atoms with Crippen LogP contribution in [0.15, 0.2) is 41.2 Å². The van der Waals surface area contributed by atoms with E-state index >= 15 is 0 Å². The molecule has 0 spiro atoms. The predicted molar refractivity (Wildman–Crippen MR) is 132 cm³/mol. The van der Waals surface area contributed by atoms with Crippen LogP contribution >= 0.6 is 0 Å². The Hall–Kier alpha value is -3.88. The molecule has 0 amide bonds. The second kappa shape index (κ2) is 9.05. The maximum atomic E-state index is 12.6. The van der Waals surface area contributed by atoms with Crippen molar-refractivity contribution >= 4 is 0 Å². The van der Waals surface area contributed by atoms with Crippen molar-refractivity contribution in [3.05, 3.63) is 69.1 Å². The first-order valence-corrected chi connectivity index (χ1v) is 11.9. The lowest BCUT2D eigenvalue weighted by molar-refractivity contribution is 0.302. The fraction of sp³-hybridized carbons (Fsp3) is 0.385. The van der Waals surface area contributed by atoms with E-state index in [-0.39, 0.29) is 5.69 Å². The number of tetrazole rings is 1. The third kappa shape index (κ3) is 4.22. The molecule has 0 aliphatic heterocycles. The van der Waals surface area contributed by atoms with Gasteiger partial charge in [-0.2, -0.15) is 14.5 Å². The van der Waals surface area contributed by atoms with Gasteiger partial charge in [0, 0.05) is 30.8 Å². The highest BCUT2D eigenvalue weighted by Crippen LogP contribution is 2.43. The highest BCUT2D eigenvalue weighted by atomic mass is 16.5. The number of hydrogen-bond acceptors (Lipinski definition) is 6. The molecule has 0 unspecified atom stereocenters. The number of nitrogens with zero attached hydrogens (tertiary/aromatic N) is 6. The highest BCUT2D eigenvalue weighted by molar-refractivity contribution is 5.67. The van der Waals surface area contributed by atoms with Gasteiger partial charge in [-0.15, -0.1) is 0 Å². The van der Waals surface area contributed by atoms with E-state index < -0.39 is 0 Å². The second-order valence-electron chi connectivity index (χ2n) is 9.02. The van der Waals surface area contributed by atoms with Crippen LogP contribution in [0.25, 0.3) is 16.9 Å². The Labute approximate surface area is 203 Å². The fourth-order valence-corrected chi connectivity index (χ4v) is 4.52. The summed E-state index contributed by atoms with van der Waals surface area (Å²) in [5.41, 5.74) is 6.55. The summed E-state index contributed by atoms with van der Waals surface area (Å²) in [6.07, 6.45) is 2.29. The van der Waals surface area contributed by atoms with Crippen LogP contribution in [0.5, 0.6) is 11.6 Å². The van der Waals surface area contributed by atoms with E-state index in [1.165, 1.54) is 14.9 Å². The molecule has 4 aromatic rings. The zero-order valence-electron chi connectivity index (χ0n) is 20.8. The van der Waals surface area contributed by atoms with Crippen molar-refractivity contribution in [1.82, 2.24) is 29.6 Å². The minimum Gasteiger partial charge on any atom is -0.489 e. The summed E-state index contributed by atoms with van der Waals surface area (Å²) in [5, 5.41) is 12.6. The van der Waals surface area contributed by atoms with Crippen LogP contribution in [0.4, 0.5) is 0 Å². The number of benzene rings is 2. The van der Waals surface area contributed by atoms with Gasteiger partial charge in [0.05, 0.1) is 18.0 Å². The molecule has 1 aliphatic carbocycles. The van der Waals surface area contributed by atoms with Gasteiger partial charge in [0.25, 0.3) is 0 Å². The Bertz CT molecular complexity index is 1440. The van der Waals surface area contributed by atoms with E-state index in [1.54, 1.807) is 11.7 Å². The quantitative estimate of drug-likeness (QED) is 0.386. The number of aryl methyl sites for hydroxylation is 3. The standard InChI is InChI=1S/C26H30N6O3/c1-6-34-25-17(3)24(27-30(25)4)19-12-13-23(16(2)14-19)35-15-21-20(18-10-11-18)8-7-9-22(21)32-26(33)31(5)28-29-32/h7-9,12-14,18H,6,10-11,15H2,1-5H3. The first-order chi connectivity index (χ1) is 16.9. The number of aromatic nitrogens is 6. The Kier molecular flexibility index (Phi) is 5.92. The summed E-state index contributed by atoms with van der Waals surface area (Å²) in [6.45, 7) is 6.95. The molecular weight excluding hydrogens is 444 g/mol. The summed E-state index contributed by atoms with van der Waals surface area (Å²) in [5.74, 6) is 2.07. The molecule has 35 heavy (non-hydrogen) atoms. The molecule has 1 fully saturated rings. The Morgan fingerprint density at radius 1 is 1.03 bits per heavy atom. The van der Waals surface area contributed by atoms with E-state index in [2.05, 4.69) is 27.7 Å². The zero-order chi connectivity index (χ0) is 24.7. The fourth-order valence-electron chi connectivity index (χ4n) is 4.52. The molecule has 2 aromatic heterocycles. The van der Waals surface area contributed by atoms with Crippen molar-refractivity contribution in [1.29, 1.82) is 0 Å². The summed E-state index contributed by atoms with van der Waals surface area (Å²) in [7, 11) is 3.49. The lowest BCUT2D eigenvalue weighted by atomic mass is 10.0. The Morgan fingerprint density at radius 3 is 2.49 bits per heavy atom.